The van der Waals surface area contributed by atoms with Crippen LogP contribution in [-0.2, 0) is 17.8 Å². The third-order valence-electron chi connectivity index (χ3n) is 3.88. The standard InChI is InChI=1S/C16H20N4OS/c17-16-18-14(12-22-16)10-15(21)20-8-6-19(7-9-20)11-13-4-2-1-3-5-13/h1-5,12H,6-11H2,(H2,17,18). The fraction of sp³-hybridized carbons (Fsp3) is 0.375. The summed E-state index contributed by atoms with van der Waals surface area (Å²) in [5.41, 5.74) is 7.70. The fourth-order valence-electron chi connectivity index (χ4n) is 2.67. The molecule has 116 valence electrons. The van der Waals surface area contributed by atoms with E-state index in [4.69, 9.17) is 5.73 Å². The summed E-state index contributed by atoms with van der Waals surface area (Å²) in [6, 6.07) is 10.4. The molecule has 0 radical (unpaired) electrons. The summed E-state index contributed by atoms with van der Waals surface area (Å²) in [4.78, 5) is 20.7. The van der Waals surface area contributed by atoms with E-state index < -0.39 is 0 Å². The number of rotatable bonds is 4. The maximum Gasteiger partial charge on any atom is 0.228 e. The van der Waals surface area contributed by atoms with Crippen molar-refractivity contribution in [2.75, 3.05) is 31.9 Å². The van der Waals surface area contributed by atoms with Gasteiger partial charge in [-0.1, -0.05) is 30.3 Å². The number of carbonyl (C=O) groups is 1. The highest BCUT2D eigenvalue weighted by atomic mass is 32.1. The van der Waals surface area contributed by atoms with Crippen LogP contribution in [0.1, 0.15) is 11.3 Å². The quantitative estimate of drug-likeness (QED) is 0.931. The van der Waals surface area contributed by atoms with Crippen molar-refractivity contribution in [1.29, 1.82) is 0 Å². The molecule has 1 aliphatic heterocycles. The van der Waals surface area contributed by atoms with Crippen LogP contribution in [-0.4, -0.2) is 46.9 Å². The van der Waals surface area contributed by atoms with E-state index in [1.807, 2.05) is 16.3 Å². The van der Waals surface area contributed by atoms with Gasteiger partial charge in [0, 0.05) is 38.1 Å². The molecule has 1 amide bonds. The molecule has 0 saturated carbocycles. The molecule has 0 bridgehead atoms. The normalized spacial score (nSPS) is 15.9. The van der Waals surface area contributed by atoms with Crippen molar-refractivity contribution in [1.82, 2.24) is 14.8 Å². The second kappa shape index (κ2) is 6.89. The van der Waals surface area contributed by atoms with Gasteiger partial charge in [-0.2, -0.15) is 0 Å². The molecule has 1 aliphatic rings. The molecule has 5 nitrogen and oxygen atoms in total. The number of aromatic nitrogens is 1. The van der Waals surface area contributed by atoms with Crippen molar-refractivity contribution >= 4 is 22.4 Å². The Labute approximate surface area is 134 Å². The molecular formula is C16H20N4OS. The van der Waals surface area contributed by atoms with Crippen LogP contribution in [0.15, 0.2) is 35.7 Å². The fourth-order valence-corrected chi connectivity index (χ4v) is 3.23. The van der Waals surface area contributed by atoms with Gasteiger partial charge in [0.25, 0.3) is 0 Å². The number of hydrogen-bond acceptors (Lipinski definition) is 5. The topological polar surface area (TPSA) is 62.5 Å². The van der Waals surface area contributed by atoms with Crippen LogP contribution < -0.4 is 5.73 Å². The first-order valence-electron chi connectivity index (χ1n) is 7.44. The number of thiazole rings is 1. The molecular weight excluding hydrogens is 296 g/mol. The van der Waals surface area contributed by atoms with Gasteiger partial charge in [0.05, 0.1) is 12.1 Å². The Morgan fingerprint density at radius 3 is 2.55 bits per heavy atom. The molecule has 3 rings (SSSR count). The van der Waals surface area contributed by atoms with Gasteiger partial charge in [0.1, 0.15) is 0 Å². The lowest BCUT2D eigenvalue weighted by Crippen LogP contribution is -2.48. The number of anilines is 1. The first kappa shape index (κ1) is 15.0. The monoisotopic (exact) mass is 316 g/mol. The van der Waals surface area contributed by atoms with Crippen molar-refractivity contribution in [3.05, 3.63) is 47.0 Å². The van der Waals surface area contributed by atoms with E-state index in [-0.39, 0.29) is 5.91 Å². The Morgan fingerprint density at radius 2 is 1.91 bits per heavy atom. The molecule has 2 aromatic rings. The van der Waals surface area contributed by atoms with Crippen molar-refractivity contribution in [3.8, 4) is 0 Å². The number of nitrogen functional groups attached to an aromatic ring is 1. The summed E-state index contributed by atoms with van der Waals surface area (Å²) in [7, 11) is 0. The van der Waals surface area contributed by atoms with Gasteiger partial charge in [0.15, 0.2) is 5.13 Å². The van der Waals surface area contributed by atoms with Crippen LogP contribution in [0.2, 0.25) is 0 Å². The molecule has 1 saturated heterocycles. The molecule has 2 heterocycles. The molecule has 22 heavy (non-hydrogen) atoms. The number of amides is 1. The summed E-state index contributed by atoms with van der Waals surface area (Å²) in [5, 5.41) is 2.38. The average molecular weight is 316 g/mol. The number of piperazine rings is 1. The van der Waals surface area contributed by atoms with Gasteiger partial charge < -0.3 is 10.6 Å². The molecule has 0 spiro atoms. The van der Waals surface area contributed by atoms with Gasteiger partial charge in [-0.25, -0.2) is 4.98 Å². The zero-order chi connectivity index (χ0) is 15.4. The van der Waals surface area contributed by atoms with E-state index in [1.165, 1.54) is 16.9 Å². The van der Waals surface area contributed by atoms with Gasteiger partial charge >= 0.3 is 0 Å². The van der Waals surface area contributed by atoms with E-state index in [1.54, 1.807) is 0 Å². The summed E-state index contributed by atoms with van der Waals surface area (Å²) in [6.45, 7) is 4.35. The second-order valence-electron chi connectivity index (χ2n) is 5.50. The predicted octanol–water partition coefficient (Wildman–Crippen LogP) is 1.61. The Bertz CT molecular complexity index is 620. The lowest BCUT2D eigenvalue weighted by Gasteiger charge is -2.34. The van der Waals surface area contributed by atoms with Crippen molar-refractivity contribution in [3.63, 3.8) is 0 Å². The largest absolute Gasteiger partial charge is 0.375 e. The minimum absolute atomic E-state index is 0.143. The molecule has 6 heteroatoms. The molecule has 2 N–H and O–H groups in total. The smallest absolute Gasteiger partial charge is 0.228 e. The van der Waals surface area contributed by atoms with Crippen molar-refractivity contribution < 1.29 is 4.79 Å². The highest BCUT2D eigenvalue weighted by Gasteiger charge is 2.21. The summed E-state index contributed by atoms with van der Waals surface area (Å²) < 4.78 is 0. The number of nitrogens with zero attached hydrogens (tertiary/aromatic N) is 3. The first-order chi connectivity index (χ1) is 10.7. The van der Waals surface area contributed by atoms with Crippen LogP contribution in [0.3, 0.4) is 0 Å². The molecule has 0 atom stereocenters. The predicted molar refractivity (Wildman–Crippen MR) is 88.5 cm³/mol. The van der Waals surface area contributed by atoms with Crippen LogP contribution in [0, 0.1) is 0 Å². The van der Waals surface area contributed by atoms with Crippen LogP contribution in [0.25, 0.3) is 0 Å². The molecule has 1 aromatic carbocycles. The van der Waals surface area contributed by atoms with E-state index in [2.05, 4.69) is 34.1 Å². The van der Waals surface area contributed by atoms with Crippen LogP contribution in [0.5, 0.6) is 0 Å². The lowest BCUT2D eigenvalue weighted by atomic mass is 10.2. The number of nitrogens with two attached hydrogens (primary N) is 1. The Morgan fingerprint density at radius 1 is 1.18 bits per heavy atom. The Hall–Kier alpha value is -1.92. The summed E-state index contributed by atoms with van der Waals surface area (Å²) in [5.74, 6) is 0.143. The van der Waals surface area contributed by atoms with E-state index in [0.29, 0.717) is 11.6 Å². The maximum absolute atomic E-state index is 12.3. The number of hydrogen-bond donors (Lipinski definition) is 1. The minimum Gasteiger partial charge on any atom is -0.375 e. The van der Waals surface area contributed by atoms with Crippen molar-refractivity contribution in [2.24, 2.45) is 0 Å². The average Bonchev–Trinajstić information content (AvgIpc) is 2.94. The van der Waals surface area contributed by atoms with Crippen LogP contribution >= 0.6 is 11.3 Å². The zero-order valence-corrected chi connectivity index (χ0v) is 13.3. The number of benzene rings is 1. The summed E-state index contributed by atoms with van der Waals surface area (Å²) in [6.07, 6.45) is 0.354. The molecule has 0 aliphatic carbocycles. The lowest BCUT2D eigenvalue weighted by molar-refractivity contribution is -0.132. The minimum atomic E-state index is 0.143. The van der Waals surface area contributed by atoms with Gasteiger partial charge in [-0.05, 0) is 5.56 Å². The van der Waals surface area contributed by atoms with Gasteiger partial charge in [0.2, 0.25) is 5.91 Å². The molecule has 1 aromatic heterocycles. The second-order valence-corrected chi connectivity index (χ2v) is 6.39. The third-order valence-corrected chi connectivity index (χ3v) is 4.60. The van der Waals surface area contributed by atoms with Crippen molar-refractivity contribution in [2.45, 2.75) is 13.0 Å². The first-order valence-corrected chi connectivity index (χ1v) is 8.32. The molecule has 1 fully saturated rings. The van der Waals surface area contributed by atoms with Gasteiger partial charge in [-0.15, -0.1) is 11.3 Å². The Balaban J connectivity index is 1.48. The van der Waals surface area contributed by atoms with Crippen LogP contribution in [0.4, 0.5) is 5.13 Å². The summed E-state index contributed by atoms with van der Waals surface area (Å²) >= 11 is 1.38. The van der Waals surface area contributed by atoms with E-state index in [9.17, 15) is 4.79 Å². The molecule has 0 unspecified atom stereocenters. The Kier molecular flexibility index (Phi) is 4.70. The number of carbonyl (C=O) groups excluding carboxylic acids is 1. The van der Waals surface area contributed by atoms with Gasteiger partial charge in [-0.3, -0.25) is 9.69 Å². The van der Waals surface area contributed by atoms with E-state index in [0.717, 1.165) is 38.4 Å². The third kappa shape index (κ3) is 3.84. The maximum atomic E-state index is 12.3. The zero-order valence-electron chi connectivity index (χ0n) is 12.4. The SMILES string of the molecule is Nc1nc(CC(=O)N2CCN(Cc3ccccc3)CC2)cs1. The van der Waals surface area contributed by atoms with E-state index >= 15 is 0 Å². The highest BCUT2D eigenvalue weighted by molar-refractivity contribution is 7.13. The highest BCUT2D eigenvalue weighted by Crippen LogP contribution is 2.14.